The summed E-state index contributed by atoms with van der Waals surface area (Å²) in [5, 5.41) is 3.02. The summed E-state index contributed by atoms with van der Waals surface area (Å²) in [5.41, 5.74) is 3.01. The molecule has 10 heteroatoms. The Morgan fingerprint density at radius 3 is 2.70 bits per heavy atom. The molecule has 0 aromatic carbocycles. The molecule has 2 aromatic heterocycles. The molecule has 33 heavy (non-hydrogen) atoms. The van der Waals surface area contributed by atoms with Crippen LogP contribution in [0.5, 0.6) is 5.88 Å². The fourth-order valence-electron chi connectivity index (χ4n) is 4.03. The maximum absolute atomic E-state index is 13.0. The topological polar surface area (TPSA) is 70.6 Å². The number of nitrogens with one attached hydrogen (secondary N) is 1. The fourth-order valence-corrected chi connectivity index (χ4v) is 4.03. The normalized spacial score (nSPS) is 18.8. The second-order valence-electron chi connectivity index (χ2n) is 8.08. The highest BCUT2D eigenvalue weighted by atomic mass is 19.4. The van der Waals surface area contributed by atoms with E-state index < -0.39 is 12.2 Å². The van der Waals surface area contributed by atoms with Gasteiger partial charge in [-0.3, -0.25) is 4.79 Å². The predicted octanol–water partition coefficient (Wildman–Crippen LogP) is 4.20. The molecule has 0 saturated heterocycles. The minimum Gasteiger partial charge on any atom is -0.437 e. The van der Waals surface area contributed by atoms with Crippen LogP contribution in [0, 0.1) is 6.92 Å². The van der Waals surface area contributed by atoms with Crippen LogP contribution >= 0.6 is 0 Å². The lowest BCUT2D eigenvalue weighted by atomic mass is 10.1. The first-order valence-electron chi connectivity index (χ1n) is 10.4. The lowest BCUT2D eigenvalue weighted by Crippen LogP contribution is -2.40. The number of rotatable bonds is 5. The average molecular weight is 459 g/mol. The number of aryl methyl sites for hydroxylation is 1. The molecule has 2 atom stereocenters. The van der Waals surface area contributed by atoms with Gasteiger partial charge in [-0.25, -0.2) is 9.97 Å². The van der Waals surface area contributed by atoms with Gasteiger partial charge in [0, 0.05) is 49.4 Å². The molecule has 4 rings (SSSR count). The van der Waals surface area contributed by atoms with Crippen LogP contribution in [0.2, 0.25) is 0 Å². The zero-order chi connectivity index (χ0) is 23.9. The Morgan fingerprint density at radius 2 is 2.06 bits per heavy atom. The number of ether oxygens (including phenoxy) is 1. The number of amides is 1. The minimum absolute atomic E-state index is 0.0749. The third-order valence-corrected chi connectivity index (χ3v) is 5.88. The van der Waals surface area contributed by atoms with Crippen molar-refractivity contribution in [3.05, 3.63) is 70.9 Å². The van der Waals surface area contributed by atoms with Gasteiger partial charge in [-0.15, -0.1) is 0 Å². The van der Waals surface area contributed by atoms with E-state index in [0.717, 1.165) is 22.1 Å². The number of carbonyl (C=O) groups excluding carboxylic acids is 1. The monoisotopic (exact) mass is 459 g/mol. The van der Waals surface area contributed by atoms with Crippen LogP contribution in [0.15, 0.2) is 48.6 Å². The SMILES string of the molecule is CNc1nccc2c1CN(C(C)c1cnc(OC3=CN(C)C(C(F)(F)F)C=C3)c(C)c1)C2=O. The Hall–Kier alpha value is -3.56. The van der Waals surface area contributed by atoms with Crippen LogP contribution in [0.1, 0.15) is 40.0 Å². The van der Waals surface area contributed by atoms with Crippen molar-refractivity contribution in [3.63, 3.8) is 0 Å². The summed E-state index contributed by atoms with van der Waals surface area (Å²) in [7, 11) is 3.11. The number of halogens is 3. The van der Waals surface area contributed by atoms with Crippen LogP contribution in [0.3, 0.4) is 0 Å². The van der Waals surface area contributed by atoms with Gasteiger partial charge in [-0.1, -0.05) is 0 Å². The zero-order valence-corrected chi connectivity index (χ0v) is 18.6. The number of alkyl halides is 3. The third-order valence-electron chi connectivity index (χ3n) is 5.88. The van der Waals surface area contributed by atoms with Crippen LogP contribution in [0.4, 0.5) is 19.0 Å². The molecular weight excluding hydrogens is 435 g/mol. The van der Waals surface area contributed by atoms with Crippen LogP contribution in [-0.2, 0) is 6.54 Å². The van der Waals surface area contributed by atoms with E-state index in [4.69, 9.17) is 4.74 Å². The highest BCUT2D eigenvalue weighted by molar-refractivity contribution is 5.99. The number of pyridine rings is 2. The van der Waals surface area contributed by atoms with Crippen molar-refractivity contribution >= 4 is 11.7 Å². The molecule has 0 fully saturated rings. The first kappa shape index (κ1) is 22.6. The van der Waals surface area contributed by atoms with Crippen molar-refractivity contribution < 1.29 is 22.7 Å². The van der Waals surface area contributed by atoms with Gasteiger partial charge in [0.25, 0.3) is 5.91 Å². The Bertz CT molecular complexity index is 1150. The quantitative estimate of drug-likeness (QED) is 0.723. The van der Waals surface area contributed by atoms with Crippen molar-refractivity contribution in [1.82, 2.24) is 19.8 Å². The van der Waals surface area contributed by atoms with E-state index in [9.17, 15) is 18.0 Å². The van der Waals surface area contributed by atoms with E-state index >= 15 is 0 Å². The molecule has 0 spiro atoms. The molecule has 2 unspecified atom stereocenters. The second-order valence-corrected chi connectivity index (χ2v) is 8.08. The number of allylic oxidation sites excluding steroid dienone is 1. The first-order valence-corrected chi connectivity index (χ1v) is 10.4. The molecule has 2 aliphatic heterocycles. The summed E-state index contributed by atoms with van der Waals surface area (Å²) in [4.78, 5) is 24.4. The molecule has 7 nitrogen and oxygen atoms in total. The van der Waals surface area contributed by atoms with E-state index in [1.54, 1.807) is 37.3 Å². The number of anilines is 1. The third kappa shape index (κ3) is 4.24. The number of hydrogen-bond acceptors (Lipinski definition) is 6. The lowest BCUT2D eigenvalue weighted by molar-refractivity contribution is -0.161. The van der Waals surface area contributed by atoms with E-state index in [1.807, 2.05) is 13.0 Å². The van der Waals surface area contributed by atoms with Crippen molar-refractivity contribution in [3.8, 4) is 5.88 Å². The molecule has 2 aromatic rings. The lowest BCUT2D eigenvalue weighted by Gasteiger charge is -2.29. The summed E-state index contributed by atoms with van der Waals surface area (Å²) in [6.45, 7) is 4.16. The zero-order valence-electron chi connectivity index (χ0n) is 18.6. The Balaban J connectivity index is 1.50. The number of carbonyl (C=O) groups is 1. The van der Waals surface area contributed by atoms with Gasteiger partial charge in [0.05, 0.1) is 12.6 Å². The fraction of sp³-hybridized carbons (Fsp3) is 0.348. The van der Waals surface area contributed by atoms with Crippen LogP contribution in [0.25, 0.3) is 0 Å². The molecule has 0 bridgehead atoms. The van der Waals surface area contributed by atoms with Gasteiger partial charge in [-0.05, 0) is 43.7 Å². The summed E-state index contributed by atoms with van der Waals surface area (Å²) < 4.78 is 44.8. The van der Waals surface area contributed by atoms with Gasteiger partial charge < -0.3 is 19.9 Å². The van der Waals surface area contributed by atoms with E-state index in [-0.39, 0.29) is 17.7 Å². The number of fused-ring (bicyclic) bond motifs is 1. The summed E-state index contributed by atoms with van der Waals surface area (Å²) >= 11 is 0. The summed E-state index contributed by atoms with van der Waals surface area (Å²) in [6.07, 6.45) is 2.50. The standard InChI is InChI=1S/C23H24F3N5O2/c1-13-9-15(14(2)31-12-18-17(22(31)32)7-8-28-20(18)27-3)10-29-21(13)33-16-5-6-19(23(24,25)26)30(4)11-16/h5-11,14,19H,12H2,1-4H3,(H,27,28). The van der Waals surface area contributed by atoms with Gasteiger partial charge in [0.15, 0.2) is 0 Å². The Kier molecular flexibility index (Phi) is 5.77. The van der Waals surface area contributed by atoms with E-state index in [0.29, 0.717) is 29.4 Å². The highest BCUT2D eigenvalue weighted by Crippen LogP contribution is 2.35. The largest absolute Gasteiger partial charge is 0.437 e. The minimum atomic E-state index is -4.37. The average Bonchev–Trinajstić information content (AvgIpc) is 3.10. The number of likely N-dealkylation sites (N-methyl/N-ethyl adjacent to an activating group) is 1. The van der Waals surface area contributed by atoms with Gasteiger partial charge in [0.1, 0.15) is 17.6 Å². The molecule has 174 valence electrons. The number of hydrogen-bond donors (Lipinski definition) is 1. The van der Waals surface area contributed by atoms with Crippen molar-refractivity contribution in [1.29, 1.82) is 0 Å². The van der Waals surface area contributed by atoms with Gasteiger partial charge in [0.2, 0.25) is 5.88 Å². The molecule has 4 heterocycles. The number of nitrogens with zero attached hydrogens (tertiary/aromatic N) is 4. The maximum Gasteiger partial charge on any atom is 0.412 e. The highest BCUT2D eigenvalue weighted by Gasteiger charge is 2.41. The smallest absolute Gasteiger partial charge is 0.412 e. The molecule has 0 aliphatic carbocycles. The van der Waals surface area contributed by atoms with Gasteiger partial charge in [-0.2, -0.15) is 13.2 Å². The molecule has 1 N–H and O–H groups in total. The number of aromatic nitrogens is 2. The summed E-state index contributed by atoms with van der Waals surface area (Å²) in [5.74, 6) is 1.15. The molecule has 2 aliphatic rings. The van der Waals surface area contributed by atoms with Crippen LogP contribution < -0.4 is 10.1 Å². The second kappa shape index (κ2) is 8.42. The maximum atomic E-state index is 13.0. The first-order chi connectivity index (χ1) is 15.6. The molecule has 1 amide bonds. The van der Waals surface area contributed by atoms with Crippen LogP contribution in [-0.4, -0.2) is 52.0 Å². The molecule has 0 saturated carbocycles. The van der Waals surface area contributed by atoms with E-state index in [1.165, 1.54) is 19.3 Å². The van der Waals surface area contributed by atoms with Crippen molar-refractivity contribution in [2.24, 2.45) is 0 Å². The van der Waals surface area contributed by atoms with Crippen molar-refractivity contribution in [2.45, 2.75) is 38.7 Å². The molecule has 0 radical (unpaired) electrons. The molecular formula is C23H24F3N5O2. The Morgan fingerprint density at radius 1 is 1.30 bits per heavy atom. The van der Waals surface area contributed by atoms with E-state index in [2.05, 4.69) is 15.3 Å². The Labute approximate surface area is 189 Å². The van der Waals surface area contributed by atoms with Crippen molar-refractivity contribution in [2.75, 3.05) is 19.4 Å². The summed E-state index contributed by atoms with van der Waals surface area (Å²) in [6, 6.07) is 1.65. The van der Waals surface area contributed by atoms with Gasteiger partial charge >= 0.3 is 6.18 Å². The predicted molar refractivity (Wildman–Crippen MR) is 117 cm³/mol.